The number of aryl methyl sites for hydroxylation is 1. The number of nitrogens with one attached hydrogen (secondary N) is 1. The molecule has 4 aromatic rings. The summed E-state index contributed by atoms with van der Waals surface area (Å²) in [7, 11) is 3.19. The summed E-state index contributed by atoms with van der Waals surface area (Å²) >= 11 is 0. The highest BCUT2D eigenvalue weighted by atomic mass is 16.5. The van der Waals surface area contributed by atoms with Gasteiger partial charge in [0.15, 0.2) is 17.2 Å². The fourth-order valence-electron chi connectivity index (χ4n) is 5.35. The Bertz CT molecular complexity index is 1550. The number of carbonyl (C=O) groups is 2. The van der Waals surface area contributed by atoms with Crippen LogP contribution in [0.1, 0.15) is 33.7 Å². The summed E-state index contributed by atoms with van der Waals surface area (Å²) in [5.74, 6) is -0.332. The first-order valence-corrected chi connectivity index (χ1v) is 12.9. The predicted molar refractivity (Wildman–Crippen MR) is 146 cm³/mol. The zero-order valence-electron chi connectivity index (χ0n) is 21.6. The van der Waals surface area contributed by atoms with Gasteiger partial charge in [-0.1, -0.05) is 48.5 Å². The van der Waals surface area contributed by atoms with Gasteiger partial charge in [0.2, 0.25) is 0 Å². The number of ketones is 1. The number of nitrogens with zero attached hydrogens (tertiary/aromatic N) is 3. The molecule has 1 aliphatic rings. The van der Waals surface area contributed by atoms with Gasteiger partial charge in [0, 0.05) is 44.2 Å². The normalized spacial score (nSPS) is 14.7. The number of aromatic nitrogens is 2. The summed E-state index contributed by atoms with van der Waals surface area (Å²) in [4.78, 5) is 42.5. The van der Waals surface area contributed by atoms with Crippen molar-refractivity contribution in [1.29, 1.82) is 0 Å². The molecule has 0 unspecified atom stereocenters. The molecule has 0 bridgehead atoms. The fraction of sp³-hybridized carbons (Fsp3) is 0.345. The van der Waals surface area contributed by atoms with Crippen molar-refractivity contribution in [2.75, 3.05) is 33.3 Å². The van der Waals surface area contributed by atoms with Crippen LogP contribution in [-0.4, -0.2) is 70.2 Å². The molecular formula is C29H32N4O5. The number of piperidine rings is 1. The van der Waals surface area contributed by atoms with Crippen LogP contribution in [0.2, 0.25) is 0 Å². The molecular weight excluding hydrogens is 484 g/mol. The first-order valence-electron chi connectivity index (χ1n) is 12.9. The van der Waals surface area contributed by atoms with Gasteiger partial charge in [0.25, 0.3) is 11.5 Å². The third kappa shape index (κ3) is 4.70. The number of likely N-dealkylation sites (tertiary alicyclic amines) is 1. The number of amides is 1. The number of methoxy groups -OCH3 is 1. The molecule has 3 heterocycles. The average Bonchev–Trinajstić information content (AvgIpc) is 3.24. The number of ether oxygens (including phenoxy) is 1. The second-order valence-corrected chi connectivity index (χ2v) is 9.69. The molecule has 198 valence electrons. The molecule has 0 radical (unpaired) electrons. The Balaban J connectivity index is 1.53. The summed E-state index contributed by atoms with van der Waals surface area (Å²) in [6.45, 7) is 2.55. The Labute approximate surface area is 220 Å². The van der Waals surface area contributed by atoms with E-state index in [1.54, 1.807) is 35.9 Å². The number of benzene rings is 2. The number of hydrogen-bond donors (Lipinski definition) is 2. The molecule has 0 spiro atoms. The minimum absolute atomic E-state index is 0.136. The van der Waals surface area contributed by atoms with Crippen molar-refractivity contribution in [3.63, 3.8) is 0 Å². The maximum atomic E-state index is 13.9. The largest absolute Gasteiger partial charge is 0.493 e. The monoisotopic (exact) mass is 516 g/mol. The van der Waals surface area contributed by atoms with Gasteiger partial charge in [-0.2, -0.15) is 0 Å². The lowest BCUT2D eigenvalue weighted by Gasteiger charge is -2.29. The lowest BCUT2D eigenvalue weighted by Crippen LogP contribution is -2.41. The number of hydrogen-bond acceptors (Lipinski definition) is 6. The van der Waals surface area contributed by atoms with Gasteiger partial charge in [-0.05, 0) is 18.9 Å². The molecule has 0 aliphatic carbocycles. The molecule has 0 atom stereocenters. The van der Waals surface area contributed by atoms with Crippen LogP contribution in [-0.2, 0) is 13.6 Å². The van der Waals surface area contributed by atoms with Crippen LogP contribution < -0.4 is 15.6 Å². The Morgan fingerprint density at radius 2 is 1.74 bits per heavy atom. The van der Waals surface area contributed by atoms with Crippen LogP contribution in [0.4, 0.5) is 0 Å². The molecule has 38 heavy (non-hydrogen) atoms. The van der Waals surface area contributed by atoms with Gasteiger partial charge in [0.1, 0.15) is 5.39 Å². The van der Waals surface area contributed by atoms with Crippen LogP contribution in [0.15, 0.2) is 59.4 Å². The van der Waals surface area contributed by atoms with Gasteiger partial charge in [0.05, 0.1) is 30.8 Å². The predicted octanol–water partition coefficient (Wildman–Crippen LogP) is 2.57. The van der Waals surface area contributed by atoms with E-state index in [2.05, 4.69) is 10.2 Å². The summed E-state index contributed by atoms with van der Waals surface area (Å²) in [5.41, 5.74) is 1.58. The highest BCUT2D eigenvalue weighted by Crippen LogP contribution is 2.34. The zero-order valence-corrected chi connectivity index (χ0v) is 21.6. The lowest BCUT2D eigenvalue weighted by molar-refractivity contribution is 0.0802. The average molecular weight is 517 g/mol. The van der Waals surface area contributed by atoms with Gasteiger partial charge >= 0.3 is 0 Å². The Morgan fingerprint density at radius 1 is 1.05 bits per heavy atom. The van der Waals surface area contributed by atoms with Crippen LogP contribution in [0.5, 0.6) is 5.75 Å². The molecule has 2 aromatic heterocycles. The first kappa shape index (κ1) is 25.7. The molecule has 2 aromatic carbocycles. The summed E-state index contributed by atoms with van der Waals surface area (Å²) in [5, 5.41) is 13.7. The molecule has 9 nitrogen and oxygen atoms in total. The molecule has 0 saturated carbocycles. The van der Waals surface area contributed by atoms with Crippen LogP contribution in [0.3, 0.4) is 0 Å². The van der Waals surface area contributed by atoms with Gasteiger partial charge in [-0.25, -0.2) is 0 Å². The van der Waals surface area contributed by atoms with E-state index < -0.39 is 0 Å². The first-order chi connectivity index (χ1) is 18.4. The third-order valence-electron chi connectivity index (χ3n) is 7.35. The van der Waals surface area contributed by atoms with E-state index in [4.69, 9.17) is 4.74 Å². The Hall–Kier alpha value is -3.95. The van der Waals surface area contributed by atoms with Gasteiger partial charge in [-0.15, -0.1) is 0 Å². The Morgan fingerprint density at radius 3 is 2.45 bits per heavy atom. The highest BCUT2D eigenvalue weighted by Gasteiger charge is 2.28. The number of aliphatic hydroxyl groups excluding tert-OH is 1. The van der Waals surface area contributed by atoms with Crippen molar-refractivity contribution < 1.29 is 19.4 Å². The molecule has 1 fully saturated rings. The standard InChI is InChI=1S/C29H32N4O5/c1-31-25-21-10-6-7-11-22(21)33(18-23(35)19-8-4-3-5-9-19)29(37)24(25)27(38-2)26(31)28(36)30-14-17-32-15-12-20(34)13-16-32/h3-11,20,34H,12-18H2,1-2H3,(H,30,36). The highest BCUT2D eigenvalue weighted by molar-refractivity contribution is 6.12. The molecule has 2 N–H and O–H groups in total. The van der Waals surface area contributed by atoms with E-state index in [9.17, 15) is 19.5 Å². The summed E-state index contributed by atoms with van der Waals surface area (Å²) in [6.07, 6.45) is 1.22. The van der Waals surface area contributed by atoms with Crippen molar-refractivity contribution in [3.8, 4) is 5.75 Å². The smallest absolute Gasteiger partial charge is 0.271 e. The maximum Gasteiger partial charge on any atom is 0.271 e. The minimum Gasteiger partial charge on any atom is -0.493 e. The van der Waals surface area contributed by atoms with Crippen molar-refractivity contribution in [2.24, 2.45) is 7.05 Å². The lowest BCUT2D eigenvalue weighted by atomic mass is 10.1. The number of fused-ring (bicyclic) bond motifs is 3. The van der Waals surface area contributed by atoms with Crippen molar-refractivity contribution in [2.45, 2.75) is 25.5 Å². The van der Waals surface area contributed by atoms with E-state index in [-0.39, 0.29) is 46.7 Å². The third-order valence-corrected chi connectivity index (χ3v) is 7.35. The number of Topliss-reactive ketones (excluding diaryl/α,β-unsaturated/α-hetero) is 1. The number of aliphatic hydroxyl groups is 1. The molecule has 1 amide bonds. The van der Waals surface area contributed by atoms with E-state index in [1.807, 2.05) is 30.3 Å². The zero-order chi connectivity index (χ0) is 26.8. The van der Waals surface area contributed by atoms with E-state index in [1.165, 1.54) is 11.7 Å². The fourth-order valence-corrected chi connectivity index (χ4v) is 5.35. The van der Waals surface area contributed by atoms with E-state index in [0.29, 0.717) is 29.7 Å². The number of pyridine rings is 1. The molecule has 1 aliphatic heterocycles. The minimum atomic E-state index is -0.388. The van der Waals surface area contributed by atoms with Crippen LogP contribution >= 0.6 is 0 Å². The second kappa shape index (κ2) is 10.8. The quantitative estimate of drug-likeness (QED) is 0.349. The van der Waals surface area contributed by atoms with Crippen molar-refractivity contribution in [3.05, 3.63) is 76.2 Å². The van der Waals surface area contributed by atoms with Gasteiger partial charge in [-0.3, -0.25) is 19.0 Å². The van der Waals surface area contributed by atoms with Gasteiger partial charge < -0.3 is 24.6 Å². The van der Waals surface area contributed by atoms with Crippen molar-refractivity contribution >= 4 is 33.5 Å². The summed E-state index contributed by atoms with van der Waals surface area (Å²) in [6, 6.07) is 16.2. The number of para-hydroxylation sites is 1. The maximum absolute atomic E-state index is 13.9. The molecule has 5 rings (SSSR count). The van der Waals surface area contributed by atoms with Crippen LogP contribution in [0, 0.1) is 0 Å². The molecule has 1 saturated heterocycles. The topological polar surface area (TPSA) is 106 Å². The number of carbonyl (C=O) groups excluding carboxylic acids is 2. The van der Waals surface area contributed by atoms with Crippen LogP contribution in [0.25, 0.3) is 21.8 Å². The van der Waals surface area contributed by atoms with E-state index >= 15 is 0 Å². The van der Waals surface area contributed by atoms with E-state index in [0.717, 1.165) is 31.3 Å². The molecule has 9 heteroatoms. The number of rotatable bonds is 8. The SMILES string of the molecule is COc1c(C(=O)NCCN2CCC(O)CC2)n(C)c2c1c(=O)n(CC(=O)c1ccccc1)c1ccccc21. The van der Waals surface area contributed by atoms with Crippen molar-refractivity contribution in [1.82, 2.24) is 19.4 Å². The second-order valence-electron chi connectivity index (χ2n) is 9.69. The summed E-state index contributed by atoms with van der Waals surface area (Å²) < 4.78 is 8.83. The Kier molecular flexibility index (Phi) is 7.31.